The molecule has 0 bridgehead atoms. The molecule has 6 aromatic rings. The molecule has 0 aliphatic heterocycles. The number of aromatic amines is 2. The lowest BCUT2D eigenvalue weighted by Crippen LogP contribution is -2.25. The van der Waals surface area contributed by atoms with E-state index in [1.54, 1.807) is 0 Å². The fourth-order valence-electron chi connectivity index (χ4n) is 9.16. The van der Waals surface area contributed by atoms with Crippen LogP contribution in [0.5, 0.6) is 0 Å². The summed E-state index contributed by atoms with van der Waals surface area (Å²) in [6, 6.07) is 7.89. The maximum Gasteiger partial charge on any atom is 0.277 e. The van der Waals surface area contributed by atoms with E-state index in [1.807, 2.05) is 0 Å². The van der Waals surface area contributed by atoms with E-state index in [-0.39, 0.29) is 129 Å². The van der Waals surface area contributed by atoms with Gasteiger partial charge in [-0.15, -0.1) is 0 Å². The molecule has 0 unspecified atom stereocenters. The topological polar surface area (TPSA) is 192 Å². The number of hydrogen-bond donors (Lipinski definition) is 6. The number of unbranched alkanes of at least 4 members (excludes halogenated alkanes) is 18. The molecular weight excluding hydrogens is 1360 g/mol. The summed E-state index contributed by atoms with van der Waals surface area (Å²) in [6.07, 6.45) is 20.9. The Hall–Kier alpha value is -2.20. The number of nitrogens with one attached hydrogen (secondary N) is 6. The summed E-state index contributed by atoms with van der Waals surface area (Å²) < 4.78 is 62.1. The van der Waals surface area contributed by atoms with Gasteiger partial charge >= 0.3 is 0 Å². The monoisotopic (exact) mass is 1420 g/mol. The third-order valence-electron chi connectivity index (χ3n) is 13.8. The van der Waals surface area contributed by atoms with E-state index in [4.69, 9.17) is 139 Å². The molecule has 456 valence electrons. The Morgan fingerprint density at radius 3 is 0.976 bits per heavy atom. The maximum atomic E-state index is 15.1. The van der Waals surface area contributed by atoms with Crippen molar-refractivity contribution in [1.29, 1.82) is 0 Å². The summed E-state index contributed by atoms with van der Waals surface area (Å²) in [5.41, 5.74) is -2.82. The van der Waals surface area contributed by atoms with Gasteiger partial charge in [-0.1, -0.05) is 269 Å². The molecule has 2 aromatic heterocycles. The van der Waals surface area contributed by atoms with Crippen LogP contribution in [0, 0.1) is 0 Å². The van der Waals surface area contributed by atoms with Gasteiger partial charge in [0.2, 0.25) is 20.0 Å². The standard InChI is InChI=1S/C55H64Cl12N8O6S2/c1-3-5-7-9-11-13-15-17-19-21-27-68-82(78,79)32-23-25-36(56)38(29-32)70-52-34(54(76)74(72-52)50-46(64)42(60)40(58)43(61)47(50)65)31-35-53(73-75(55(35)77)51-48(66)44(62)41(59)45(63)49(51)67)71-39-30-33(24-26-37(39)57)83(80,81)69-28-22-20-18-16-14-12-10-8-6-4-2/h23-26,29-30,68-73H,3-22,27-28,31H2,1-2H3. The van der Waals surface area contributed by atoms with Crippen LogP contribution in [0.2, 0.25) is 60.3 Å². The molecule has 0 aliphatic carbocycles. The number of sulfonamides is 2. The zero-order valence-electron chi connectivity index (χ0n) is 45.4. The zero-order chi connectivity index (χ0) is 60.8. The van der Waals surface area contributed by atoms with Crippen LogP contribution in [0.4, 0.5) is 23.0 Å². The number of anilines is 4. The molecule has 0 amide bonds. The summed E-state index contributed by atoms with van der Waals surface area (Å²) in [5.74, 6) is -0.351. The molecule has 28 heteroatoms. The first-order valence-corrected chi connectivity index (χ1v) is 34.8. The third kappa shape index (κ3) is 18.0. The summed E-state index contributed by atoms with van der Waals surface area (Å²) in [6.45, 7) is 4.76. The number of rotatable bonds is 34. The van der Waals surface area contributed by atoms with Crippen LogP contribution in [0.3, 0.4) is 0 Å². The minimum absolute atomic E-state index is 0.00656. The van der Waals surface area contributed by atoms with Gasteiger partial charge in [0.15, 0.2) is 0 Å². The lowest BCUT2D eigenvalue weighted by molar-refractivity contribution is 0.548. The molecule has 0 atom stereocenters. The molecule has 0 saturated carbocycles. The van der Waals surface area contributed by atoms with Gasteiger partial charge in [-0.2, -0.15) is 0 Å². The summed E-state index contributed by atoms with van der Waals surface area (Å²) in [4.78, 5) is 29.9. The first kappa shape index (κ1) is 69.9. The smallest absolute Gasteiger partial charge is 0.277 e. The Morgan fingerprint density at radius 1 is 0.398 bits per heavy atom. The van der Waals surface area contributed by atoms with Gasteiger partial charge in [-0.05, 0) is 49.2 Å². The van der Waals surface area contributed by atoms with Crippen molar-refractivity contribution in [2.75, 3.05) is 23.7 Å². The molecule has 2 heterocycles. The molecule has 0 radical (unpaired) electrons. The van der Waals surface area contributed by atoms with Crippen molar-refractivity contribution in [2.45, 2.75) is 158 Å². The van der Waals surface area contributed by atoms with Crippen LogP contribution in [-0.2, 0) is 26.5 Å². The molecular formula is C55H64Cl12N8O6S2. The SMILES string of the molecule is CCCCCCCCCCCCNS(=O)(=O)c1ccc(Cl)c(Nc2[nH]n(-c3c(Cl)c(Cl)c(Cl)c(Cl)c3Cl)c(=O)c2Cc2c(Nc3cc(S(=O)(=O)NCCCCCCCCCCCC)ccc3Cl)[nH]n(-c3c(Cl)c(Cl)c(Cl)c(Cl)c3Cl)c2=O)c1. The molecule has 83 heavy (non-hydrogen) atoms. The first-order valence-electron chi connectivity index (χ1n) is 27.3. The van der Waals surface area contributed by atoms with Crippen molar-refractivity contribution in [3.05, 3.63) is 129 Å². The molecule has 4 aromatic carbocycles. The van der Waals surface area contributed by atoms with E-state index in [0.29, 0.717) is 12.8 Å². The summed E-state index contributed by atoms with van der Waals surface area (Å²) in [7, 11) is -8.20. The summed E-state index contributed by atoms with van der Waals surface area (Å²) in [5, 5.41) is 9.24. The fraction of sp³-hybridized carbons (Fsp3) is 0.455. The number of benzene rings is 4. The molecule has 0 saturated heterocycles. The molecule has 0 aliphatic rings. The zero-order valence-corrected chi connectivity index (χ0v) is 56.1. The number of halogens is 12. The van der Waals surface area contributed by atoms with Crippen molar-refractivity contribution >= 4 is 182 Å². The third-order valence-corrected chi connectivity index (χ3v) is 21.9. The van der Waals surface area contributed by atoms with E-state index in [2.05, 4.69) is 44.1 Å². The second kappa shape index (κ2) is 32.9. The normalized spacial score (nSPS) is 12.0. The first-order chi connectivity index (χ1) is 39.5. The molecule has 14 nitrogen and oxygen atoms in total. The largest absolute Gasteiger partial charge is 0.339 e. The lowest BCUT2D eigenvalue weighted by atomic mass is 10.1. The van der Waals surface area contributed by atoms with Gasteiger partial charge in [-0.3, -0.25) is 19.8 Å². The lowest BCUT2D eigenvalue weighted by Gasteiger charge is -2.13. The van der Waals surface area contributed by atoms with Crippen LogP contribution < -0.4 is 31.2 Å². The molecule has 0 spiro atoms. The average Bonchev–Trinajstić information content (AvgIpc) is 4.16. The van der Waals surface area contributed by atoms with E-state index < -0.39 is 37.6 Å². The van der Waals surface area contributed by atoms with Crippen molar-refractivity contribution in [3.63, 3.8) is 0 Å². The number of H-pyrrole nitrogens is 2. The second-order valence-electron chi connectivity index (χ2n) is 19.9. The van der Waals surface area contributed by atoms with Gasteiger partial charge in [0.05, 0.1) is 92.6 Å². The Balaban J connectivity index is 1.39. The summed E-state index contributed by atoms with van der Waals surface area (Å²) >= 11 is 79.2. The average molecular weight is 1420 g/mol. The highest BCUT2D eigenvalue weighted by Crippen LogP contribution is 2.47. The Kier molecular flexibility index (Phi) is 27.7. The van der Waals surface area contributed by atoms with Gasteiger partial charge in [-0.25, -0.2) is 35.6 Å². The van der Waals surface area contributed by atoms with Gasteiger partial charge in [0, 0.05) is 19.5 Å². The second-order valence-corrected chi connectivity index (χ2v) is 28.0. The van der Waals surface area contributed by atoms with E-state index in [1.165, 1.54) is 101 Å². The van der Waals surface area contributed by atoms with Crippen molar-refractivity contribution in [1.82, 2.24) is 29.0 Å². The van der Waals surface area contributed by atoms with Gasteiger partial charge in [0.1, 0.15) is 23.0 Å². The maximum absolute atomic E-state index is 15.1. The predicted molar refractivity (Wildman–Crippen MR) is 349 cm³/mol. The minimum Gasteiger partial charge on any atom is -0.339 e. The molecule has 6 rings (SSSR count). The highest BCUT2D eigenvalue weighted by atomic mass is 35.5. The number of nitrogens with zero attached hydrogens (tertiary/aromatic N) is 2. The van der Waals surface area contributed by atoms with E-state index in [9.17, 15) is 16.8 Å². The van der Waals surface area contributed by atoms with Crippen molar-refractivity contribution < 1.29 is 16.8 Å². The fourth-order valence-corrected chi connectivity index (χ4v) is 14.3. The Labute approximate surface area is 545 Å². The predicted octanol–water partition coefficient (Wildman–Crippen LogP) is 20.0. The highest BCUT2D eigenvalue weighted by Gasteiger charge is 2.30. The van der Waals surface area contributed by atoms with Crippen LogP contribution >= 0.6 is 139 Å². The highest BCUT2D eigenvalue weighted by molar-refractivity contribution is 7.89. The number of hydrogen-bond acceptors (Lipinski definition) is 8. The van der Waals surface area contributed by atoms with Gasteiger partial charge in [0.25, 0.3) is 11.1 Å². The van der Waals surface area contributed by atoms with Crippen LogP contribution in [0.15, 0.2) is 55.8 Å². The van der Waals surface area contributed by atoms with Gasteiger partial charge < -0.3 is 10.6 Å². The molecule has 0 fully saturated rings. The number of aromatic nitrogens is 4. The van der Waals surface area contributed by atoms with Crippen LogP contribution in [0.1, 0.15) is 153 Å². The quantitative estimate of drug-likeness (QED) is 0.0131. The Bertz CT molecular complexity index is 3300. The van der Waals surface area contributed by atoms with Crippen molar-refractivity contribution in [3.8, 4) is 11.4 Å². The van der Waals surface area contributed by atoms with E-state index in [0.717, 1.165) is 60.7 Å². The minimum atomic E-state index is -4.10. The van der Waals surface area contributed by atoms with Crippen LogP contribution in [-0.4, -0.2) is 49.5 Å². The Morgan fingerprint density at radius 2 is 0.675 bits per heavy atom. The van der Waals surface area contributed by atoms with Crippen LogP contribution in [0.25, 0.3) is 11.4 Å². The van der Waals surface area contributed by atoms with E-state index >= 15 is 9.59 Å². The molecule has 6 N–H and O–H groups in total. The van der Waals surface area contributed by atoms with Crippen molar-refractivity contribution in [2.24, 2.45) is 0 Å².